The summed E-state index contributed by atoms with van der Waals surface area (Å²) in [6.07, 6.45) is 0.610. The molecule has 0 aliphatic carbocycles. The van der Waals surface area contributed by atoms with Crippen LogP contribution in [0.25, 0.3) is 10.9 Å². The highest BCUT2D eigenvalue weighted by molar-refractivity contribution is 5.78. The summed E-state index contributed by atoms with van der Waals surface area (Å²) in [5.41, 5.74) is 1.37. The van der Waals surface area contributed by atoms with Crippen molar-refractivity contribution < 1.29 is 14.3 Å². The van der Waals surface area contributed by atoms with E-state index in [0.717, 1.165) is 5.56 Å². The molecule has 0 saturated heterocycles. The number of fused-ring (bicyclic) bond motifs is 2. The Kier molecular flexibility index (Phi) is 4.27. The Labute approximate surface area is 149 Å². The minimum absolute atomic E-state index is 0.113. The van der Waals surface area contributed by atoms with Gasteiger partial charge in [0.2, 0.25) is 12.7 Å². The molecule has 1 aliphatic heterocycles. The summed E-state index contributed by atoms with van der Waals surface area (Å²) >= 11 is 0. The molecule has 0 radical (unpaired) electrons. The number of carbonyl (C=O) groups excluding carboxylic acids is 1. The first-order chi connectivity index (χ1) is 12.7. The molecule has 7 nitrogen and oxygen atoms in total. The van der Waals surface area contributed by atoms with Crippen LogP contribution >= 0.6 is 0 Å². The van der Waals surface area contributed by atoms with Crippen molar-refractivity contribution in [1.82, 2.24) is 15.3 Å². The Bertz CT molecular complexity index is 1030. The molecule has 1 amide bonds. The zero-order chi connectivity index (χ0) is 17.9. The van der Waals surface area contributed by atoms with Gasteiger partial charge in [-0.05, 0) is 29.8 Å². The Morgan fingerprint density at radius 2 is 2.00 bits per heavy atom. The minimum Gasteiger partial charge on any atom is -0.454 e. The Morgan fingerprint density at radius 1 is 1.15 bits per heavy atom. The first kappa shape index (κ1) is 16.1. The van der Waals surface area contributed by atoms with Crippen molar-refractivity contribution >= 4 is 16.8 Å². The van der Waals surface area contributed by atoms with Crippen LogP contribution in [0.3, 0.4) is 0 Å². The van der Waals surface area contributed by atoms with E-state index in [1.807, 2.05) is 24.3 Å². The van der Waals surface area contributed by atoms with E-state index in [-0.39, 0.29) is 24.7 Å². The summed E-state index contributed by atoms with van der Waals surface area (Å²) in [4.78, 5) is 31.2. The molecule has 0 saturated carbocycles. The number of aromatic amines is 1. The number of carbonyl (C=O) groups is 1. The standard InChI is InChI=1S/C19H17N3O4/c23-18(20-10-12-5-6-15-16(9-12)26-11-25-15)8-7-17-21-14-4-2-1-3-13(14)19(24)22-17/h1-6,9H,7-8,10-11H2,(H,20,23)(H,21,22,24). The molecule has 3 aromatic rings. The van der Waals surface area contributed by atoms with Gasteiger partial charge in [0.15, 0.2) is 11.5 Å². The smallest absolute Gasteiger partial charge is 0.258 e. The topological polar surface area (TPSA) is 93.3 Å². The first-order valence-electron chi connectivity index (χ1n) is 8.32. The predicted molar refractivity (Wildman–Crippen MR) is 95.1 cm³/mol. The van der Waals surface area contributed by atoms with Gasteiger partial charge < -0.3 is 19.8 Å². The van der Waals surface area contributed by atoms with E-state index in [1.54, 1.807) is 18.2 Å². The molecule has 132 valence electrons. The number of benzene rings is 2. The maximum Gasteiger partial charge on any atom is 0.258 e. The first-order valence-corrected chi connectivity index (χ1v) is 8.32. The summed E-state index contributed by atoms with van der Waals surface area (Å²) in [6, 6.07) is 12.7. The third kappa shape index (κ3) is 3.37. The van der Waals surface area contributed by atoms with Crippen molar-refractivity contribution in [1.29, 1.82) is 0 Å². The quantitative estimate of drug-likeness (QED) is 0.732. The summed E-state index contributed by atoms with van der Waals surface area (Å²) in [5, 5.41) is 3.40. The maximum absolute atomic E-state index is 12.1. The van der Waals surface area contributed by atoms with Crippen molar-refractivity contribution in [2.24, 2.45) is 0 Å². The SMILES string of the molecule is O=C(CCc1nc2ccccc2c(=O)[nH]1)NCc1ccc2c(c1)OCO2. The zero-order valence-electron chi connectivity index (χ0n) is 14.0. The lowest BCUT2D eigenvalue weighted by Gasteiger charge is -2.07. The number of aromatic nitrogens is 2. The van der Waals surface area contributed by atoms with E-state index in [9.17, 15) is 9.59 Å². The number of amides is 1. The Morgan fingerprint density at radius 3 is 2.92 bits per heavy atom. The van der Waals surface area contributed by atoms with Gasteiger partial charge in [-0.2, -0.15) is 0 Å². The van der Waals surface area contributed by atoms with E-state index in [1.165, 1.54) is 0 Å². The second kappa shape index (κ2) is 6.87. The largest absolute Gasteiger partial charge is 0.454 e. The fraction of sp³-hybridized carbons (Fsp3) is 0.211. The van der Waals surface area contributed by atoms with Gasteiger partial charge in [-0.1, -0.05) is 18.2 Å². The molecule has 4 rings (SSSR count). The molecule has 0 atom stereocenters. The van der Waals surface area contributed by atoms with Gasteiger partial charge in [-0.25, -0.2) is 4.98 Å². The molecule has 26 heavy (non-hydrogen) atoms. The fourth-order valence-corrected chi connectivity index (χ4v) is 2.83. The minimum atomic E-state index is -0.189. The highest BCUT2D eigenvalue weighted by atomic mass is 16.7. The van der Waals surface area contributed by atoms with Crippen LogP contribution in [0.5, 0.6) is 11.5 Å². The van der Waals surface area contributed by atoms with Crippen LogP contribution in [0, 0.1) is 0 Å². The zero-order valence-corrected chi connectivity index (χ0v) is 14.0. The molecule has 0 bridgehead atoms. The summed E-state index contributed by atoms with van der Waals surface area (Å²) < 4.78 is 10.6. The molecule has 0 spiro atoms. The average molecular weight is 351 g/mol. The molecule has 2 aromatic carbocycles. The molecule has 2 N–H and O–H groups in total. The van der Waals surface area contributed by atoms with Crippen molar-refractivity contribution in [3.63, 3.8) is 0 Å². The predicted octanol–water partition coefficient (Wildman–Crippen LogP) is 1.90. The van der Waals surface area contributed by atoms with Crippen LogP contribution < -0.4 is 20.3 Å². The Balaban J connectivity index is 1.35. The van der Waals surface area contributed by atoms with Crippen LogP contribution in [-0.2, 0) is 17.8 Å². The van der Waals surface area contributed by atoms with Crippen LogP contribution in [-0.4, -0.2) is 22.7 Å². The van der Waals surface area contributed by atoms with E-state index in [4.69, 9.17) is 9.47 Å². The highest BCUT2D eigenvalue weighted by Crippen LogP contribution is 2.32. The van der Waals surface area contributed by atoms with Crippen LogP contribution in [0.2, 0.25) is 0 Å². The maximum atomic E-state index is 12.1. The molecule has 0 fully saturated rings. The molecule has 1 aliphatic rings. The molecular formula is C19H17N3O4. The van der Waals surface area contributed by atoms with Gasteiger partial charge in [0.05, 0.1) is 10.9 Å². The fourth-order valence-electron chi connectivity index (χ4n) is 2.83. The van der Waals surface area contributed by atoms with E-state index < -0.39 is 0 Å². The third-order valence-electron chi connectivity index (χ3n) is 4.18. The second-order valence-electron chi connectivity index (χ2n) is 5.99. The van der Waals surface area contributed by atoms with Crippen LogP contribution in [0.15, 0.2) is 47.3 Å². The van der Waals surface area contributed by atoms with Gasteiger partial charge in [0.25, 0.3) is 5.56 Å². The van der Waals surface area contributed by atoms with Gasteiger partial charge in [0, 0.05) is 19.4 Å². The summed E-state index contributed by atoms with van der Waals surface area (Å²) in [5.74, 6) is 1.80. The second-order valence-corrected chi connectivity index (χ2v) is 5.99. The van der Waals surface area contributed by atoms with Gasteiger partial charge in [-0.3, -0.25) is 9.59 Å². The highest BCUT2D eigenvalue weighted by Gasteiger charge is 2.13. The molecule has 0 unspecified atom stereocenters. The number of hydrogen-bond acceptors (Lipinski definition) is 5. The van der Waals surface area contributed by atoms with Gasteiger partial charge in [0.1, 0.15) is 5.82 Å². The third-order valence-corrected chi connectivity index (χ3v) is 4.18. The molecule has 2 heterocycles. The van der Waals surface area contributed by atoms with E-state index in [0.29, 0.717) is 41.2 Å². The summed E-state index contributed by atoms with van der Waals surface area (Å²) in [7, 11) is 0. The number of nitrogens with zero attached hydrogens (tertiary/aromatic N) is 1. The van der Waals surface area contributed by atoms with Crippen molar-refractivity contribution in [3.8, 4) is 11.5 Å². The van der Waals surface area contributed by atoms with Gasteiger partial charge >= 0.3 is 0 Å². The normalized spacial score (nSPS) is 12.3. The summed E-state index contributed by atoms with van der Waals surface area (Å²) in [6.45, 7) is 0.624. The molecule has 7 heteroatoms. The van der Waals surface area contributed by atoms with Crippen molar-refractivity contribution in [2.45, 2.75) is 19.4 Å². The Hall–Kier alpha value is -3.35. The van der Waals surface area contributed by atoms with Crippen molar-refractivity contribution in [2.75, 3.05) is 6.79 Å². The van der Waals surface area contributed by atoms with Crippen molar-refractivity contribution in [3.05, 3.63) is 64.2 Å². The number of para-hydroxylation sites is 1. The lowest BCUT2D eigenvalue weighted by atomic mass is 10.2. The molecular weight excluding hydrogens is 334 g/mol. The lowest BCUT2D eigenvalue weighted by molar-refractivity contribution is -0.121. The number of aryl methyl sites for hydroxylation is 1. The monoisotopic (exact) mass is 351 g/mol. The number of hydrogen-bond donors (Lipinski definition) is 2. The number of ether oxygens (including phenoxy) is 2. The van der Waals surface area contributed by atoms with Gasteiger partial charge in [-0.15, -0.1) is 0 Å². The number of rotatable bonds is 5. The van der Waals surface area contributed by atoms with Crippen LogP contribution in [0.1, 0.15) is 17.8 Å². The van der Waals surface area contributed by atoms with E-state index in [2.05, 4.69) is 15.3 Å². The van der Waals surface area contributed by atoms with Crippen LogP contribution in [0.4, 0.5) is 0 Å². The number of H-pyrrole nitrogens is 1. The average Bonchev–Trinajstić information content (AvgIpc) is 3.12. The lowest BCUT2D eigenvalue weighted by Crippen LogP contribution is -2.23. The molecule has 1 aromatic heterocycles. The van der Waals surface area contributed by atoms with E-state index >= 15 is 0 Å². The number of nitrogens with one attached hydrogen (secondary N) is 2.